The maximum atomic E-state index is 12.1. The van der Waals surface area contributed by atoms with E-state index in [0.717, 1.165) is 17.2 Å². The molecule has 1 aliphatic heterocycles. The Morgan fingerprint density at radius 2 is 2.41 bits per heavy atom. The molecule has 5 heteroatoms. The van der Waals surface area contributed by atoms with Crippen LogP contribution in [0.3, 0.4) is 0 Å². The first kappa shape index (κ1) is 13.0. The number of aromatic nitrogens is 2. The first-order valence-corrected chi connectivity index (χ1v) is 8.13. The van der Waals surface area contributed by atoms with Crippen LogP contribution in [0.2, 0.25) is 0 Å². The van der Waals surface area contributed by atoms with Gasteiger partial charge < -0.3 is 0 Å². The monoisotopic (exact) mass is 270 g/mol. The second-order valence-corrected chi connectivity index (χ2v) is 6.92. The Kier molecular flexibility index (Phi) is 4.56. The zero-order valence-electron chi connectivity index (χ0n) is 10.3. The summed E-state index contributed by atoms with van der Waals surface area (Å²) in [5.41, 5.74) is 0.903. The van der Waals surface area contributed by atoms with Crippen LogP contribution in [-0.4, -0.2) is 38.1 Å². The molecule has 2 heterocycles. The summed E-state index contributed by atoms with van der Waals surface area (Å²) in [7, 11) is 0. The van der Waals surface area contributed by atoms with E-state index in [0.29, 0.717) is 18.2 Å². The quantitative estimate of drug-likeness (QED) is 0.841. The highest BCUT2D eigenvalue weighted by Crippen LogP contribution is 2.25. The molecule has 0 aromatic carbocycles. The molecule has 1 saturated heterocycles. The number of carbonyl (C=O) groups excluding carboxylic acids is 1. The first-order chi connectivity index (χ1) is 8.16. The number of thioether (sulfide) groups is 2. The van der Waals surface area contributed by atoms with E-state index in [2.05, 4.69) is 18.9 Å². The molecule has 3 nitrogen and oxygen atoms in total. The lowest BCUT2D eigenvalue weighted by atomic mass is 10.2. The molecule has 1 aromatic heterocycles. The average molecular weight is 270 g/mol. The Balaban J connectivity index is 1.92. The molecule has 1 aromatic rings. The van der Waals surface area contributed by atoms with Gasteiger partial charge in [-0.15, -0.1) is 11.8 Å². The van der Waals surface area contributed by atoms with Gasteiger partial charge in [0, 0.05) is 29.5 Å². The van der Waals surface area contributed by atoms with E-state index in [4.69, 9.17) is 0 Å². The number of rotatable bonds is 4. The minimum Gasteiger partial charge on any atom is -0.298 e. The van der Waals surface area contributed by atoms with Crippen molar-refractivity contribution >= 4 is 29.3 Å². The zero-order chi connectivity index (χ0) is 12.3. The van der Waals surface area contributed by atoms with Gasteiger partial charge in [-0.3, -0.25) is 9.48 Å². The van der Waals surface area contributed by atoms with Gasteiger partial charge in [-0.1, -0.05) is 0 Å². The molecule has 0 saturated carbocycles. The van der Waals surface area contributed by atoms with Gasteiger partial charge in [-0.2, -0.15) is 16.9 Å². The number of carbonyl (C=O) groups is 1. The third kappa shape index (κ3) is 3.52. The van der Waals surface area contributed by atoms with E-state index in [1.54, 1.807) is 11.8 Å². The van der Waals surface area contributed by atoms with Crippen LogP contribution in [0.5, 0.6) is 0 Å². The maximum absolute atomic E-state index is 12.1. The summed E-state index contributed by atoms with van der Waals surface area (Å²) in [5, 5.41) is 4.60. The lowest BCUT2D eigenvalue weighted by molar-refractivity contribution is -0.117. The third-order valence-corrected chi connectivity index (χ3v) is 5.53. The molecule has 0 aliphatic carbocycles. The Morgan fingerprint density at radius 1 is 1.59 bits per heavy atom. The minimum absolute atomic E-state index is 0.179. The maximum Gasteiger partial charge on any atom is 0.152 e. The van der Waals surface area contributed by atoms with Crippen LogP contribution in [0.25, 0.3) is 0 Å². The van der Waals surface area contributed by atoms with Crippen molar-refractivity contribution in [2.45, 2.75) is 31.6 Å². The van der Waals surface area contributed by atoms with Crippen LogP contribution in [0.1, 0.15) is 25.6 Å². The summed E-state index contributed by atoms with van der Waals surface area (Å²) in [6.07, 6.45) is 2.44. The minimum atomic E-state index is 0.179. The highest BCUT2D eigenvalue weighted by Gasteiger charge is 2.22. The molecule has 1 unspecified atom stereocenters. The molecule has 0 bridgehead atoms. The first-order valence-electron chi connectivity index (χ1n) is 5.93. The molecule has 1 aliphatic rings. The van der Waals surface area contributed by atoms with Crippen molar-refractivity contribution in [2.75, 3.05) is 17.3 Å². The van der Waals surface area contributed by atoms with Crippen LogP contribution in [0.4, 0.5) is 0 Å². The Morgan fingerprint density at radius 3 is 3.00 bits per heavy atom. The highest BCUT2D eigenvalue weighted by atomic mass is 32.2. The second kappa shape index (κ2) is 5.96. The van der Waals surface area contributed by atoms with Gasteiger partial charge in [-0.25, -0.2) is 0 Å². The zero-order valence-corrected chi connectivity index (χ0v) is 11.9. The fourth-order valence-corrected chi connectivity index (χ4v) is 4.38. The van der Waals surface area contributed by atoms with Gasteiger partial charge in [0.2, 0.25) is 0 Å². The molecule has 2 rings (SSSR count). The van der Waals surface area contributed by atoms with Crippen molar-refractivity contribution in [1.29, 1.82) is 0 Å². The summed E-state index contributed by atoms with van der Waals surface area (Å²) >= 11 is 3.68. The number of ketones is 1. The molecule has 1 atom stereocenters. The fourth-order valence-electron chi connectivity index (χ4n) is 1.73. The molecular formula is C12H18N2OS2. The summed E-state index contributed by atoms with van der Waals surface area (Å²) in [6.45, 7) is 4.18. The van der Waals surface area contributed by atoms with Gasteiger partial charge in [0.1, 0.15) is 0 Å². The van der Waals surface area contributed by atoms with Crippen LogP contribution in [-0.2, 0) is 11.2 Å². The molecule has 94 valence electrons. The lowest BCUT2D eigenvalue weighted by Crippen LogP contribution is -2.25. The van der Waals surface area contributed by atoms with Crippen LogP contribution in [0.15, 0.2) is 12.3 Å². The summed E-state index contributed by atoms with van der Waals surface area (Å²) in [5.74, 6) is 3.57. The summed E-state index contributed by atoms with van der Waals surface area (Å²) in [4.78, 5) is 12.1. The van der Waals surface area contributed by atoms with E-state index in [1.807, 2.05) is 28.7 Å². The van der Waals surface area contributed by atoms with Gasteiger partial charge in [0.15, 0.2) is 5.78 Å². The molecular weight excluding hydrogens is 252 g/mol. The van der Waals surface area contributed by atoms with Gasteiger partial charge in [0.05, 0.1) is 17.4 Å². The number of Topliss-reactive ketones (excluding diaryl/α,β-unsaturated/α-hetero) is 1. The van der Waals surface area contributed by atoms with Crippen LogP contribution in [0, 0.1) is 0 Å². The van der Waals surface area contributed by atoms with Crippen molar-refractivity contribution in [3.05, 3.63) is 18.0 Å². The molecule has 1 fully saturated rings. The van der Waals surface area contributed by atoms with E-state index < -0.39 is 0 Å². The lowest BCUT2D eigenvalue weighted by Gasteiger charge is -2.19. The third-order valence-electron chi connectivity index (χ3n) is 2.72. The highest BCUT2D eigenvalue weighted by molar-refractivity contribution is 8.07. The van der Waals surface area contributed by atoms with Crippen molar-refractivity contribution in [3.8, 4) is 0 Å². The van der Waals surface area contributed by atoms with Gasteiger partial charge >= 0.3 is 0 Å². The SMILES string of the molecule is CC(C)n1ccc(CC(=O)C2CSCCS2)n1. The Hall–Kier alpha value is -0.420. The normalized spacial score (nSPS) is 20.8. The standard InChI is InChI=1S/C12H18N2OS2/c1-9(2)14-4-3-10(13-14)7-11(15)12-8-16-5-6-17-12/h3-4,9,12H,5-8H2,1-2H3. The fraction of sp³-hybridized carbons (Fsp3) is 0.667. The topological polar surface area (TPSA) is 34.9 Å². The van der Waals surface area contributed by atoms with E-state index in [1.165, 1.54) is 5.75 Å². The van der Waals surface area contributed by atoms with Crippen molar-refractivity contribution in [1.82, 2.24) is 9.78 Å². The van der Waals surface area contributed by atoms with Crippen LogP contribution >= 0.6 is 23.5 Å². The Labute approximate surface area is 111 Å². The molecule has 17 heavy (non-hydrogen) atoms. The molecule has 0 radical (unpaired) electrons. The number of hydrogen-bond donors (Lipinski definition) is 0. The second-order valence-electron chi connectivity index (χ2n) is 4.46. The predicted molar refractivity (Wildman–Crippen MR) is 74.9 cm³/mol. The van der Waals surface area contributed by atoms with Crippen molar-refractivity contribution in [2.24, 2.45) is 0 Å². The van der Waals surface area contributed by atoms with Crippen molar-refractivity contribution < 1.29 is 4.79 Å². The van der Waals surface area contributed by atoms with E-state index in [-0.39, 0.29) is 5.25 Å². The van der Waals surface area contributed by atoms with Crippen LogP contribution < -0.4 is 0 Å². The van der Waals surface area contributed by atoms with E-state index >= 15 is 0 Å². The molecule has 0 amide bonds. The predicted octanol–water partition coefficient (Wildman–Crippen LogP) is 2.42. The summed E-state index contributed by atoms with van der Waals surface area (Å²) < 4.78 is 1.91. The smallest absolute Gasteiger partial charge is 0.152 e. The number of nitrogens with zero attached hydrogens (tertiary/aromatic N) is 2. The van der Waals surface area contributed by atoms with Gasteiger partial charge in [-0.05, 0) is 19.9 Å². The molecule has 0 N–H and O–H groups in total. The largest absolute Gasteiger partial charge is 0.298 e. The van der Waals surface area contributed by atoms with Crippen molar-refractivity contribution in [3.63, 3.8) is 0 Å². The van der Waals surface area contributed by atoms with Gasteiger partial charge in [0.25, 0.3) is 0 Å². The Bertz CT molecular complexity index is 384. The average Bonchev–Trinajstić information content (AvgIpc) is 2.79. The molecule has 0 spiro atoms. The van der Waals surface area contributed by atoms with E-state index in [9.17, 15) is 4.79 Å². The number of hydrogen-bond acceptors (Lipinski definition) is 4. The summed E-state index contributed by atoms with van der Waals surface area (Å²) in [6, 6.07) is 2.32.